The predicted octanol–water partition coefficient (Wildman–Crippen LogP) is 5.75. The number of halogens is 3. The summed E-state index contributed by atoms with van der Waals surface area (Å²) in [7, 11) is 0. The van der Waals surface area contributed by atoms with Crippen LogP contribution >= 0.6 is 0 Å². The van der Waals surface area contributed by atoms with E-state index in [1.165, 1.54) is 25.0 Å². The molecule has 2 N–H and O–H groups in total. The number of alkyl halides is 3. The fourth-order valence-corrected chi connectivity index (χ4v) is 2.67. The highest BCUT2D eigenvalue weighted by atomic mass is 19.4. The maximum atomic E-state index is 12.9. The third-order valence-electron chi connectivity index (χ3n) is 4.06. The highest BCUT2D eigenvalue weighted by Gasteiger charge is 2.38. The molecule has 1 atom stereocenters. The summed E-state index contributed by atoms with van der Waals surface area (Å²) in [5, 5.41) is 1.51. The van der Waals surface area contributed by atoms with Crippen LogP contribution in [0.3, 0.4) is 0 Å². The molecule has 0 aliphatic rings. The Hall–Kier alpha value is -1.75. The Morgan fingerprint density at radius 1 is 1.04 bits per heavy atom. The molecule has 0 saturated carbocycles. The largest absolute Gasteiger partial charge is 0.493 e. The third-order valence-corrected chi connectivity index (χ3v) is 4.06. The summed E-state index contributed by atoms with van der Waals surface area (Å²) < 4.78 is 44.6. The van der Waals surface area contributed by atoms with Crippen LogP contribution in [-0.4, -0.2) is 12.8 Å². The zero-order valence-corrected chi connectivity index (χ0v) is 13.9. The molecule has 0 heterocycles. The molecule has 0 aliphatic heterocycles. The number of ether oxygens (including phenoxy) is 1. The van der Waals surface area contributed by atoms with Crippen LogP contribution in [0.25, 0.3) is 10.8 Å². The molecule has 5 heteroatoms. The van der Waals surface area contributed by atoms with Gasteiger partial charge in [0.1, 0.15) is 11.8 Å². The Kier molecular flexibility index (Phi) is 6.49. The molecule has 24 heavy (non-hydrogen) atoms. The Bertz CT molecular complexity index is 655. The summed E-state index contributed by atoms with van der Waals surface area (Å²) in [6, 6.07) is 8.17. The van der Waals surface area contributed by atoms with Gasteiger partial charge in [-0.1, -0.05) is 56.9 Å². The average Bonchev–Trinajstić information content (AvgIpc) is 2.56. The van der Waals surface area contributed by atoms with Crippen molar-refractivity contribution in [2.24, 2.45) is 5.73 Å². The van der Waals surface area contributed by atoms with E-state index in [0.717, 1.165) is 24.6 Å². The van der Waals surface area contributed by atoms with Crippen LogP contribution < -0.4 is 10.5 Å². The number of rotatable bonds is 8. The van der Waals surface area contributed by atoms with Crippen LogP contribution in [0.1, 0.15) is 50.6 Å². The topological polar surface area (TPSA) is 35.2 Å². The minimum absolute atomic E-state index is 0.0298. The smallest absolute Gasteiger partial charge is 0.407 e. The first-order valence-corrected chi connectivity index (χ1v) is 8.41. The monoisotopic (exact) mass is 339 g/mol. The fraction of sp³-hybridized carbons (Fsp3) is 0.474. The van der Waals surface area contributed by atoms with Gasteiger partial charge in [-0.05, 0) is 29.5 Å². The number of benzene rings is 2. The summed E-state index contributed by atoms with van der Waals surface area (Å²) in [6.07, 6.45) is 0.999. The first kappa shape index (κ1) is 18.6. The fourth-order valence-electron chi connectivity index (χ4n) is 2.67. The normalized spacial score (nSPS) is 13.2. The molecule has 2 nitrogen and oxygen atoms in total. The molecule has 0 saturated heterocycles. The molecule has 132 valence electrons. The van der Waals surface area contributed by atoms with Gasteiger partial charge in [-0.2, -0.15) is 13.2 Å². The quantitative estimate of drug-likeness (QED) is 0.621. The predicted molar refractivity (Wildman–Crippen MR) is 91.2 cm³/mol. The molecule has 0 fully saturated rings. The Labute approximate surface area is 140 Å². The first-order chi connectivity index (χ1) is 11.4. The van der Waals surface area contributed by atoms with Crippen LogP contribution in [0, 0.1) is 0 Å². The van der Waals surface area contributed by atoms with Gasteiger partial charge in [-0.15, -0.1) is 0 Å². The lowest BCUT2D eigenvalue weighted by Gasteiger charge is -2.18. The van der Waals surface area contributed by atoms with Crippen molar-refractivity contribution in [1.29, 1.82) is 0 Å². The first-order valence-electron chi connectivity index (χ1n) is 8.41. The van der Waals surface area contributed by atoms with Crippen LogP contribution in [0.2, 0.25) is 0 Å². The molecule has 0 aliphatic carbocycles. The minimum Gasteiger partial charge on any atom is -0.493 e. The van der Waals surface area contributed by atoms with E-state index in [4.69, 9.17) is 10.5 Å². The van der Waals surface area contributed by atoms with Crippen molar-refractivity contribution in [1.82, 2.24) is 0 Å². The minimum atomic E-state index is -4.47. The molecule has 0 aromatic heterocycles. The van der Waals surface area contributed by atoms with Gasteiger partial charge in [0.05, 0.1) is 6.61 Å². The highest BCUT2D eigenvalue weighted by molar-refractivity contribution is 5.89. The van der Waals surface area contributed by atoms with Crippen molar-refractivity contribution in [2.75, 3.05) is 6.61 Å². The summed E-state index contributed by atoms with van der Waals surface area (Å²) in [4.78, 5) is 0. The highest BCUT2D eigenvalue weighted by Crippen LogP contribution is 2.35. The maximum absolute atomic E-state index is 12.9. The number of fused-ring (bicyclic) bond motifs is 1. The summed E-state index contributed by atoms with van der Waals surface area (Å²) >= 11 is 0. The van der Waals surface area contributed by atoms with Gasteiger partial charge in [-0.3, -0.25) is 0 Å². The molecule has 0 spiro atoms. The molecule has 0 bridgehead atoms. The van der Waals surface area contributed by atoms with Gasteiger partial charge in [0, 0.05) is 5.39 Å². The third kappa shape index (κ3) is 4.87. The van der Waals surface area contributed by atoms with Crippen molar-refractivity contribution in [2.45, 2.75) is 51.2 Å². The number of hydrogen-bond donors (Lipinski definition) is 1. The lowest BCUT2D eigenvalue weighted by molar-refractivity contribution is -0.149. The van der Waals surface area contributed by atoms with Gasteiger partial charge in [0.25, 0.3) is 0 Å². The maximum Gasteiger partial charge on any atom is 0.407 e. The van der Waals surface area contributed by atoms with Crippen molar-refractivity contribution in [3.8, 4) is 5.75 Å². The van der Waals surface area contributed by atoms with Crippen molar-refractivity contribution >= 4 is 10.8 Å². The molecule has 0 amide bonds. The van der Waals surface area contributed by atoms with Gasteiger partial charge >= 0.3 is 6.18 Å². The average molecular weight is 339 g/mol. The van der Waals surface area contributed by atoms with E-state index in [0.29, 0.717) is 17.7 Å². The molecular weight excluding hydrogens is 315 g/mol. The Morgan fingerprint density at radius 3 is 2.46 bits per heavy atom. The summed E-state index contributed by atoms with van der Waals surface area (Å²) in [5.41, 5.74) is 5.39. The van der Waals surface area contributed by atoms with E-state index in [9.17, 15) is 13.2 Å². The second-order valence-electron chi connectivity index (χ2n) is 6.02. The standard InChI is InChI=1S/C19H24F3NO/c1-2-3-4-5-8-11-24-17-13-15(18(23)19(20,21)22)12-14-9-6-7-10-16(14)17/h6-7,9-10,12-13,18H,2-5,8,11,23H2,1H3/t18-/m0/s1. The van der Waals surface area contributed by atoms with Gasteiger partial charge in [0.15, 0.2) is 0 Å². The number of nitrogens with two attached hydrogens (primary N) is 1. The van der Waals surface area contributed by atoms with Crippen molar-refractivity contribution < 1.29 is 17.9 Å². The second kappa shape index (κ2) is 8.38. The molecular formula is C19H24F3NO. The molecule has 2 rings (SSSR count). The Balaban J connectivity index is 2.17. The Morgan fingerprint density at radius 2 is 1.75 bits per heavy atom. The summed E-state index contributed by atoms with van der Waals surface area (Å²) in [5.74, 6) is 0.471. The van der Waals surface area contributed by atoms with E-state index in [2.05, 4.69) is 6.92 Å². The SMILES string of the molecule is CCCCCCCOc1cc([C@H](N)C(F)(F)F)cc2ccccc12. The lowest BCUT2D eigenvalue weighted by Crippen LogP contribution is -2.28. The van der Waals surface area contributed by atoms with Crippen molar-refractivity contribution in [3.05, 3.63) is 42.0 Å². The van der Waals surface area contributed by atoms with Gasteiger partial charge in [-0.25, -0.2) is 0 Å². The zero-order valence-electron chi connectivity index (χ0n) is 13.9. The van der Waals surface area contributed by atoms with Crippen LogP contribution in [0.5, 0.6) is 5.75 Å². The van der Waals surface area contributed by atoms with Crippen LogP contribution in [0.4, 0.5) is 13.2 Å². The molecule has 2 aromatic carbocycles. The summed E-state index contributed by atoms with van der Waals surface area (Å²) in [6.45, 7) is 2.65. The van der Waals surface area contributed by atoms with Crippen molar-refractivity contribution in [3.63, 3.8) is 0 Å². The van der Waals surface area contributed by atoms with E-state index < -0.39 is 12.2 Å². The van der Waals surface area contributed by atoms with Crippen LogP contribution in [0.15, 0.2) is 36.4 Å². The zero-order chi connectivity index (χ0) is 17.6. The number of hydrogen-bond acceptors (Lipinski definition) is 2. The lowest BCUT2D eigenvalue weighted by atomic mass is 10.0. The second-order valence-corrected chi connectivity index (χ2v) is 6.02. The van der Waals surface area contributed by atoms with E-state index in [1.807, 2.05) is 12.1 Å². The molecule has 2 aromatic rings. The van der Waals surface area contributed by atoms with E-state index in [1.54, 1.807) is 12.1 Å². The van der Waals surface area contributed by atoms with Crippen LogP contribution in [-0.2, 0) is 0 Å². The van der Waals surface area contributed by atoms with E-state index in [-0.39, 0.29) is 5.56 Å². The van der Waals surface area contributed by atoms with E-state index >= 15 is 0 Å². The number of unbranched alkanes of at least 4 members (excludes halogenated alkanes) is 4. The van der Waals surface area contributed by atoms with Gasteiger partial charge in [0.2, 0.25) is 0 Å². The molecule has 0 radical (unpaired) electrons. The van der Waals surface area contributed by atoms with Gasteiger partial charge < -0.3 is 10.5 Å². The molecule has 0 unspecified atom stereocenters.